The van der Waals surface area contributed by atoms with E-state index in [0.717, 1.165) is 0 Å². The number of carboxylic acid groups (broad SMARTS) is 1. The topological polar surface area (TPSA) is 75.6 Å². The Morgan fingerprint density at radius 1 is 1.38 bits per heavy atom. The van der Waals surface area contributed by atoms with Crippen LogP contribution in [0.1, 0.15) is 0 Å². The number of nitrogens with one attached hydrogen (secondary N) is 1. The molecular formula is C5H6Cl3NO4. The molecule has 0 radical (unpaired) electrons. The number of amides is 1. The number of alkyl carbamates (subject to hydrolysis) is 1. The quantitative estimate of drug-likeness (QED) is 0.734. The van der Waals surface area contributed by atoms with Gasteiger partial charge in [-0.3, -0.25) is 4.79 Å². The Hall–Kier alpha value is -0.390. The molecule has 0 rings (SSSR count). The summed E-state index contributed by atoms with van der Waals surface area (Å²) < 4.78 is 4.35. The van der Waals surface area contributed by atoms with Crippen LogP contribution >= 0.6 is 34.8 Å². The van der Waals surface area contributed by atoms with Crippen LogP contribution in [0.25, 0.3) is 0 Å². The summed E-state index contributed by atoms with van der Waals surface area (Å²) >= 11 is 15.8. The van der Waals surface area contributed by atoms with Crippen LogP contribution in [0.2, 0.25) is 0 Å². The van der Waals surface area contributed by atoms with Crippen molar-refractivity contribution in [3.8, 4) is 0 Å². The molecule has 0 aromatic heterocycles. The van der Waals surface area contributed by atoms with Crippen molar-refractivity contribution >= 4 is 46.9 Å². The summed E-state index contributed by atoms with van der Waals surface area (Å²) in [5.41, 5.74) is -1.21. The van der Waals surface area contributed by atoms with Crippen molar-refractivity contribution in [3.63, 3.8) is 0 Å². The molecule has 0 aliphatic heterocycles. The van der Waals surface area contributed by atoms with E-state index in [0.29, 0.717) is 0 Å². The molecule has 8 heteroatoms. The maximum Gasteiger partial charge on any atom is 0.409 e. The van der Waals surface area contributed by atoms with Gasteiger partial charge < -0.3 is 15.2 Å². The van der Waals surface area contributed by atoms with Gasteiger partial charge in [-0.2, -0.15) is 0 Å². The molecule has 0 aliphatic rings. The van der Waals surface area contributed by atoms with E-state index in [2.05, 4.69) is 4.74 Å². The average Bonchev–Trinajstić information content (AvgIpc) is 2.00. The van der Waals surface area contributed by atoms with Crippen molar-refractivity contribution in [2.24, 2.45) is 0 Å². The van der Waals surface area contributed by atoms with Crippen molar-refractivity contribution in [1.82, 2.24) is 5.32 Å². The number of carbonyl (C=O) groups is 2. The Labute approximate surface area is 88.9 Å². The predicted octanol–water partition coefficient (Wildman–Crippen LogP) is 1.17. The van der Waals surface area contributed by atoms with Gasteiger partial charge in [0.25, 0.3) is 0 Å². The highest BCUT2D eigenvalue weighted by atomic mass is 35.5. The molecule has 0 aromatic carbocycles. The Bertz CT molecular complexity index is 198. The van der Waals surface area contributed by atoms with E-state index in [4.69, 9.17) is 39.9 Å². The molecule has 2 N–H and O–H groups in total. The van der Waals surface area contributed by atoms with Gasteiger partial charge in [0, 0.05) is 0 Å². The summed E-state index contributed by atoms with van der Waals surface area (Å²) in [7, 11) is 0. The van der Waals surface area contributed by atoms with Gasteiger partial charge in [-0.1, -0.05) is 34.8 Å². The van der Waals surface area contributed by atoms with E-state index in [-0.39, 0.29) is 0 Å². The molecule has 0 saturated heterocycles. The lowest BCUT2D eigenvalue weighted by Crippen LogP contribution is -2.32. The van der Waals surface area contributed by atoms with Crippen molar-refractivity contribution < 1.29 is 19.4 Å². The average molecular weight is 250 g/mol. The van der Waals surface area contributed by atoms with Crippen molar-refractivity contribution in [2.75, 3.05) is 6.54 Å². The number of rotatable bonds is 4. The van der Waals surface area contributed by atoms with Gasteiger partial charge in [0.05, 0.1) is 0 Å². The SMILES string of the molecule is O=C(O)CNC(=O)OC(Cl)C(Cl)Cl. The van der Waals surface area contributed by atoms with Crippen LogP contribution in [-0.4, -0.2) is 34.1 Å². The van der Waals surface area contributed by atoms with E-state index in [1.54, 1.807) is 0 Å². The minimum Gasteiger partial charge on any atom is -0.480 e. The first-order valence-electron chi connectivity index (χ1n) is 3.02. The maximum absolute atomic E-state index is 10.7. The van der Waals surface area contributed by atoms with Crippen molar-refractivity contribution in [2.45, 2.75) is 10.4 Å². The molecule has 1 unspecified atom stereocenters. The van der Waals surface area contributed by atoms with Crippen LogP contribution in [0.15, 0.2) is 0 Å². The van der Waals surface area contributed by atoms with E-state index < -0.39 is 29.0 Å². The largest absolute Gasteiger partial charge is 0.480 e. The molecule has 76 valence electrons. The van der Waals surface area contributed by atoms with Gasteiger partial charge in [-0.25, -0.2) is 4.79 Å². The van der Waals surface area contributed by atoms with Gasteiger partial charge in [0.1, 0.15) is 6.54 Å². The van der Waals surface area contributed by atoms with E-state index in [1.807, 2.05) is 5.32 Å². The summed E-state index contributed by atoms with van der Waals surface area (Å²) in [4.78, 5) is 19.6. The third kappa shape index (κ3) is 6.74. The number of carbonyl (C=O) groups excluding carboxylic acids is 1. The van der Waals surface area contributed by atoms with Gasteiger partial charge >= 0.3 is 12.1 Å². The minimum atomic E-state index is -1.21. The fourth-order valence-corrected chi connectivity index (χ4v) is 0.527. The predicted molar refractivity (Wildman–Crippen MR) is 47.3 cm³/mol. The number of hydrogen-bond acceptors (Lipinski definition) is 3. The first-order chi connectivity index (χ1) is 5.93. The molecule has 0 heterocycles. The molecule has 0 fully saturated rings. The summed E-state index contributed by atoms with van der Waals surface area (Å²) in [6.07, 6.45) is -0.992. The number of ether oxygens (including phenoxy) is 1. The lowest BCUT2D eigenvalue weighted by Gasteiger charge is -2.11. The van der Waals surface area contributed by atoms with Crippen molar-refractivity contribution in [1.29, 1.82) is 0 Å². The molecule has 0 aromatic rings. The van der Waals surface area contributed by atoms with Crippen LogP contribution in [0.5, 0.6) is 0 Å². The molecule has 0 bridgehead atoms. The van der Waals surface area contributed by atoms with Gasteiger partial charge in [0.2, 0.25) is 5.56 Å². The zero-order chi connectivity index (χ0) is 10.4. The smallest absolute Gasteiger partial charge is 0.409 e. The summed E-state index contributed by atoms with van der Waals surface area (Å²) in [6.45, 7) is -0.558. The summed E-state index contributed by atoms with van der Waals surface area (Å²) in [5, 5.41) is 10.1. The lowest BCUT2D eigenvalue weighted by molar-refractivity contribution is -0.135. The van der Waals surface area contributed by atoms with Crippen LogP contribution in [0.4, 0.5) is 4.79 Å². The number of carboxylic acids is 1. The number of hydrogen-bond donors (Lipinski definition) is 2. The van der Waals surface area contributed by atoms with Gasteiger partial charge in [0.15, 0.2) is 4.84 Å². The molecule has 5 nitrogen and oxygen atoms in total. The zero-order valence-electron chi connectivity index (χ0n) is 6.17. The molecule has 0 aliphatic carbocycles. The van der Waals surface area contributed by atoms with Crippen LogP contribution in [0.3, 0.4) is 0 Å². The molecule has 13 heavy (non-hydrogen) atoms. The molecule has 1 atom stereocenters. The lowest BCUT2D eigenvalue weighted by atomic mass is 10.7. The first-order valence-corrected chi connectivity index (χ1v) is 4.33. The summed E-state index contributed by atoms with van der Waals surface area (Å²) in [5.74, 6) is -1.20. The normalized spacial score (nSPS) is 12.3. The fourth-order valence-electron chi connectivity index (χ4n) is 0.343. The second kappa shape index (κ2) is 6.12. The monoisotopic (exact) mass is 249 g/mol. The third-order valence-electron chi connectivity index (χ3n) is 0.802. The second-order valence-electron chi connectivity index (χ2n) is 1.84. The van der Waals surface area contributed by atoms with Crippen molar-refractivity contribution in [3.05, 3.63) is 0 Å². The first kappa shape index (κ1) is 12.6. The fraction of sp³-hybridized carbons (Fsp3) is 0.600. The van der Waals surface area contributed by atoms with Crippen LogP contribution < -0.4 is 5.32 Å². The Morgan fingerprint density at radius 2 is 1.92 bits per heavy atom. The van der Waals surface area contributed by atoms with Crippen LogP contribution in [0, 0.1) is 0 Å². The van der Waals surface area contributed by atoms with E-state index in [9.17, 15) is 9.59 Å². The highest BCUT2D eigenvalue weighted by molar-refractivity contribution is 6.48. The van der Waals surface area contributed by atoms with Gasteiger partial charge in [-0.15, -0.1) is 0 Å². The molecule has 1 amide bonds. The van der Waals surface area contributed by atoms with Crippen LogP contribution in [-0.2, 0) is 9.53 Å². The summed E-state index contributed by atoms with van der Waals surface area (Å²) in [6, 6.07) is 0. The Morgan fingerprint density at radius 3 is 2.31 bits per heavy atom. The molecule has 0 spiro atoms. The van der Waals surface area contributed by atoms with E-state index >= 15 is 0 Å². The highest BCUT2D eigenvalue weighted by Gasteiger charge is 2.18. The molecular weight excluding hydrogens is 244 g/mol. The molecule has 0 saturated carbocycles. The minimum absolute atomic E-state index is 0.558. The number of aliphatic carboxylic acids is 1. The zero-order valence-corrected chi connectivity index (χ0v) is 8.44. The number of alkyl halides is 3. The third-order valence-corrected chi connectivity index (χ3v) is 1.86. The highest BCUT2D eigenvalue weighted by Crippen LogP contribution is 2.14. The second-order valence-corrected chi connectivity index (χ2v) is 3.43. The Balaban J connectivity index is 3.68. The van der Waals surface area contributed by atoms with Gasteiger partial charge in [-0.05, 0) is 0 Å². The maximum atomic E-state index is 10.7. The number of halogens is 3. The standard InChI is InChI=1S/C5H6Cl3NO4/c6-3(7)4(8)13-5(12)9-1-2(10)11/h3-4H,1H2,(H,9,12)(H,10,11). The Kier molecular flexibility index (Phi) is 5.94. The van der Waals surface area contributed by atoms with E-state index in [1.165, 1.54) is 0 Å².